The molecular weight excluding hydrogens is 294 g/mol. The molecule has 6 heteroatoms. The number of aliphatic imine (C=N–C) groups is 1. The van der Waals surface area contributed by atoms with Crippen LogP contribution in [-0.4, -0.2) is 27.0 Å². The predicted octanol–water partition coefficient (Wildman–Crippen LogP) is 2.92. The average Bonchev–Trinajstić information content (AvgIpc) is 2.87. The van der Waals surface area contributed by atoms with E-state index in [1.54, 1.807) is 18.2 Å². The number of thioether (sulfide) groups is 1. The van der Waals surface area contributed by atoms with Gasteiger partial charge in [-0.3, -0.25) is 0 Å². The minimum absolute atomic E-state index is 0.331. The van der Waals surface area contributed by atoms with Crippen molar-refractivity contribution in [2.75, 3.05) is 12.5 Å². The van der Waals surface area contributed by atoms with Gasteiger partial charge in [0.05, 0.1) is 10.4 Å². The number of rotatable bonds is 4. The number of benzene rings is 1. The number of hydrogen-bond acceptors (Lipinski definition) is 5. The average molecular weight is 311 g/mol. The molecule has 0 saturated heterocycles. The zero-order chi connectivity index (χ0) is 14.8. The summed E-state index contributed by atoms with van der Waals surface area (Å²) in [6, 6.07) is 5.26. The fourth-order valence-electron chi connectivity index (χ4n) is 2.78. The summed E-state index contributed by atoms with van der Waals surface area (Å²) in [6.07, 6.45) is 8.40. The van der Waals surface area contributed by atoms with Crippen LogP contribution in [0.15, 0.2) is 33.0 Å². The first-order valence-corrected chi connectivity index (χ1v) is 9.52. The van der Waals surface area contributed by atoms with E-state index in [0.29, 0.717) is 9.79 Å². The third kappa shape index (κ3) is 2.82. The molecule has 20 heavy (non-hydrogen) atoms. The molecule has 0 N–H and O–H groups in total. The van der Waals surface area contributed by atoms with E-state index < -0.39 is 15.4 Å². The third-order valence-corrected chi connectivity index (χ3v) is 5.85. The molecule has 1 aromatic rings. The highest BCUT2D eigenvalue weighted by molar-refractivity contribution is 7.99. The molecule has 1 fully saturated rings. The number of hydrogen-bond donors (Lipinski definition) is 0. The van der Waals surface area contributed by atoms with Gasteiger partial charge in [0.25, 0.3) is 0 Å². The van der Waals surface area contributed by atoms with Gasteiger partial charge in [-0.25, -0.2) is 13.2 Å². The van der Waals surface area contributed by atoms with Crippen LogP contribution in [0, 0.1) is 0 Å². The van der Waals surface area contributed by atoms with E-state index in [2.05, 4.69) is 4.99 Å². The molecule has 0 spiro atoms. The highest BCUT2D eigenvalue weighted by Gasteiger charge is 2.36. The van der Waals surface area contributed by atoms with Gasteiger partial charge in [-0.05, 0) is 36.8 Å². The Bertz CT molecular complexity index is 655. The summed E-state index contributed by atoms with van der Waals surface area (Å²) in [6.45, 7) is 0. The van der Waals surface area contributed by atoms with Crippen molar-refractivity contribution in [3.63, 3.8) is 0 Å². The van der Waals surface area contributed by atoms with Crippen LogP contribution in [0.5, 0.6) is 0 Å². The van der Waals surface area contributed by atoms with Crippen LogP contribution in [0.2, 0.25) is 0 Å². The van der Waals surface area contributed by atoms with Gasteiger partial charge in [-0.1, -0.05) is 18.9 Å². The molecule has 4 nitrogen and oxygen atoms in total. The Morgan fingerprint density at radius 2 is 1.95 bits per heavy atom. The second-order valence-corrected chi connectivity index (χ2v) is 7.91. The smallest absolute Gasteiger partial charge is 0.224 e. The van der Waals surface area contributed by atoms with Crippen molar-refractivity contribution in [1.29, 1.82) is 0 Å². The maximum Gasteiger partial charge on any atom is 0.235 e. The van der Waals surface area contributed by atoms with Crippen molar-refractivity contribution >= 4 is 27.7 Å². The first-order valence-electron chi connectivity index (χ1n) is 6.40. The van der Waals surface area contributed by atoms with Crippen molar-refractivity contribution in [3.05, 3.63) is 23.8 Å². The van der Waals surface area contributed by atoms with Gasteiger partial charge in [0.2, 0.25) is 6.08 Å². The second-order valence-electron chi connectivity index (χ2n) is 5.08. The maximum atomic E-state index is 11.8. The Hall–Kier alpha value is -1.10. The first-order chi connectivity index (χ1) is 9.43. The lowest BCUT2D eigenvalue weighted by atomic mass is 9.89. The van der Waals surface area contributed by atoms with E-state index >= 15 is 0 Å². The van der Waals surface area contributed by atoms with E-state index in [1.807, 2.05) is 12.3 Å². The zero-order valence-electron chi connectivity index (χ0n) is 11.5. The first kappa shape index (κ1) is 15.3. The molecule has 0 atom stereocenters. The van der Waals surface area contributed by atoms with Crippen molar-refractivity contribution in [1.82, 2.24) is 0 Å². The lowest BCUT2D eigenvalue weighted by molar-refractivity contribution is 0.454. The van der Waals surface area contributed by atoms with E-state index in [4.69, 9.17) is 0 Å². The van der Waals surface area contributed by atoms with Crippen LogP contribution >= 0.6 is 11.8 Å². The normalized spacial score (nSPS) is 17.7. The Labute approximate surface area is 123 Å². The minimum atomic E-state index is -3.25. The number of isocyanates is 1. The summed E-state index contributed by atoms with van der Waals surface area (Å²) >= 11 is 1.39. The lowest BCUT2D eigenvalue weighted by Crippen LogP contribution is -2.19. The predicted molar refractivity (Wildman–Crippen MR) is 79.6 cm³/mol. The van der Waals surface area contributed by atoms with Crippen LogP contribution in [0.1, 0.15) is 31.2 Å². The van der Waals surface area contributed by atoms with Crippen molar-refractivity contribution in [2.45, 2.75) is 41.0 Å². The van der Waals surface area contributed by atoms with Gasteiger partial charge in [0, 0.05) is 11.2 Å². The van der Waals surface area contributed by atoms with Crippen LogP contribution < -0.4 is 0 Å². The Balaban J connectivity index is 2.57. The summed E-state index contributed by atoms with van der Waals surface area (Å²) in [4.78, 5) is 15.8. The highest BCUT2D eigenvalue weighted by Crippen LogP contribution is 2.43. The molecule has 2 rings (SSSR count). The molecule has 1 aliphatic rings. The summed E-state index contributed by atoms with van der Waals surface area (Å²) < 4.78 is 23.5. The van der Waals surface area contributed by atoms with E-state index in [-0.39, 0.29) is 0 Å². The van der Waals surface area contributed by atoms with Gasteiger partial charge in [0.1, 0.15) is 0 Å². The highest BCUT2D eigenvalue weighted by atomic mass is 32.2. The van der Waals surface area contributed by atoms with Gasteiger partial charge in [-0.15, -0.1) is 11.8 Å². The summed E-state index contributed by atoms with van der Waals surface area (Å²) in [5, 5.41) is 0. The topological polar surface area (TPSA) is 63.6 Å². The molecule has 0 heterocycles. The van der Waals surface area contributed by atoms with Gasteiger partial charge < -0.3 is 0 Å². The molecule has 1 saturated carbocycles. The number of nitrogens with zero attached hydrogens (tertiary/aromatic N) is 1. The zero-order valence-corrected chi connectivity index (χ0v) is 13.2. The molecule has 0 bridgehead atoms. The number of sulfone groups is 1. The second kappa shape index (κ2) is 5.72. The van der Waals surface area contributed by atoms with E-state index in [9.17, 15) is 13.2 Å². The van der Waals surface area contributed by atoms with E-state index in [1.165, 1.54) is 18.0 Å². The minimum Gasteiger partial charge on any atom is -0.224 e. The summed E-state index contributed by atoms with van der Waals surface area (Å²) in [7, 11) is -3.25. The van der Waals surface area contributed by atoms with Crippen molar-refractivity contribution in [3.8, 4) is 0 Å². The van der Waals surface area contributed by atoms with Crippen molar-refractivity contribution < 1.29 is 13.2 Å². The molecule has 1 aliphatic carbocycles. The Morgan fingerprint density at radius 1 is 1.30 bits per heavy atom. The molecule has 0 radical (unpaired) electrons. The quantitative estimate of drug-likeness (QED) is 0.487. The Kier molecular flexibility index (Phi) is 4.37. The lowest BCUT2D eigenvalue weighted by Gasteiger charge is -2.24. The maximum absolute atomic E-state index is 11.8. The SMILES string of the molecule is CSc1cc(C2(N=C=O)CCCC2)ccc1S(C)(=O)=O. The monoisotopic (exact) mass is 311 g/mol. The van der Waals surface area contributed by atoms with Crippen LogP contribution in [0.25, 0.3) is 0 Å². The molecule has 1 aromatic carbocycles. The van der Waals surface area contributed by atoms with Crippen LogP contribution in [0.4, 0.5) is 0 Å². The van der Waals surface area contributed by atoms with Crippen LogP contribution in [0.3, 0.4) is 0 Å². The van der Waals surface area contributed by atoms with E-state index in [0.717, 1.165) is 31.2 Å². The molecule has 0 unspecified atom stereocenters. The number of carbonyl (C=O) groups excluding carboxylic acids is 1. The fraction of sp³-hybridized carbons (Fsp3) is 0.500. The van der Waals surface area contributed by atoms with Gasteiger partial charge in [-0.2, -0.15) is 4.99 Å². The van der Waals surface area contributed by atoms with Gasteiger partial charge >= 0.3 is 0 Å². The summed E-state index contributed by atoms with van der Waals surface area (Å²) in [5.74, 6) is 0. The molecule has 0 aliphatic heterocycles. The molecule has 0 aromatic heterocycles. The molecule has 0 amide bonds. The molecular formula is C14H17NO3S2. The van der Waals surface area contributed by atoms with Gasteiger partial charge in [0.15, 0.2) is 9.84 Å². The summed E-state index contributed by atoms with van der Waals surface area (Å²) in [5.41, 5.74) is 0.400. The standard InChI is InChI=1S/C14H17NO3S2/c1-19-12-9-11(5-6-13(12)20(2,17)18)14(15-10-16)7-3-4-8-14/h5-6,9H,3-4,7-8H2,1-2H3. The fourth-order valence-corrected chi connectivity index (χ4v) is 4.73. The van der Waals surface area contributed by atoms with Crippen molar-refractivity contribution in [2.24, 2.45) is 4.99 Å². The van der Waals surface area contributed by atoms with Crippen LogP contribution in [-0.2, 0) is 20.2 Å². The molecule has 108 valence electrons. The third-order valence-electron chi connectivity index (χ3n) is 3.79. The Morgan fingerprint density at radius 3 is 2.45 bits per heavy atom. The largest absolute Gasteiger partial charge is 0.235 e.